The van der Waals surface area contributed by atoms with Gasteiger partial charge in [-0.2, -0.15) is 0 Å². The summed E-state index contributed by atoms with van der Waals surface area (Å²) in [7, 11) is 0. The Labute approximate surface area is 126 Å². The van der Waals surface area contributed by atoms with Crippen LogP contribution in [0.25, 0.3) is 0 Å². The lowest BCUT2D eigenvalue weighted by Crippen LogP contribution is -2.29. The van der Waals surface area contributed by atoms with Crippen LogP contribution in [0.2, 0.25) is 5.02 Å². The molecule has 0 heterocycles. The monoisotopic (exact) mass is 309 g/mol. The van der Waals surface area contributed by atoms with E-state index in [9.17, 15) is 14.3 Å². The summed E-state index contributed by atoms with van der Waals surface area (Å²) in [6.07, 6.45) is 0. The van der Waals surface area contributed by atoms with Gasteiger partial charge in [0.05, 0.1) is 0 Å². The van der Waals surface area contributed by atoms with Crippen LogP contribution in [0.5, 0.6) is 5.75 Å². The lowest BCUT2D eigenvalue weighted by atomic mass is 10.1. The number of nitrogens with zero attached hydrogens (tertiary/aromatic N) is 1. The fourth-order valence-electron chi connectivity index (χ4n) is 1.94. The van der Waals surface area contributed by atoms with E-state index in [1.165, 1.54) is 18.2 Å². The van der Waals surface area contributed by atoms with Crippen LogP contribution in [0.1, 0.15) is 5.56 Å². The SMILES string of the molecule is O=C(O)CN(Cc1ccc(O)c(F)c1)c1cccc(Cl)c1. The number of anilines is 1. The number of carboxylic acid groups (broad SMARTS) is 1. The van der Waals surface area contributed by atoms with E-state index in [-0.39, 0.29) is 13.1 Å². The van der Waals surface area contributed by atoms with Crippen LogP contribution in [0.15, 0.2) is 42.5 Å². The van der Waals surface area contributed by atoms with E-state index in [1.54, 1.807) is 29.2 Å². The maximum absolute atomic E-state index is 13.4. The topological polar surface area (TPSA) is 60.8 Å². The number of aromatic hydroxyl groups is 1. The Balaban J connectivity index is 2.27. The molecule has 0 aliphatic rings. The van der Waals surface area contributed by atoms with Crippen molar-refractivity contribution in [3.05, 3.63) is 58.9 Å². The Bertz CT molecular complexity index is 663. The maximum atomic E-state index is 13.4. The molecular weight excluding hydrogens is 297 g/mol. The molecular formula is C15H13ClFNO3. The summed E-state index contributed by atoms with van der Waals surface area (Å²) in [6, 6.07) is 10.7. The largest absolute Gasteiger partial charge is 0.505 e. The minimum absolute atomic E-state index is 0.184. The molecule has 0 fully saturated rings. The van der Waals surface area contributed by atoms with E-state index in [2.05, 4.69) is 0 Å². The second kappa shape index (κ2) is 6.45. The second-order valence-electron chi connectivity index (χ2n) is 4.52. The number of phenols is 1. The minimum atomic E-state index is -1.01. The van der Waals surface area contributed by atoms with Crippen molar-refractivity contribution in [2.45, 2.75) is 6.54 Å². The highest BCUT2D eigenvalue weighted by molar-refractivity contribution is 6.30. The van der Waals surface area contributed by atoms with Gasteiger partial charge in [0.15, 0.2) is 11.6 Å². The molecule has 2 aromatic rings. The molecule has 2 rings (SSSR count). The average Bonchev–Trinajstić information content (AvgIpc) is 2.42. The molecule has 0 saturated carbocycles. The van der Waals surface area contributed by atoms with Crippen molar-refractivity contribution in [1.29, 1.82) is 0 Å². The number of carbonyl (C=O) groups is 1. The molecule has 0 radical (unpaired) electrons. The molecule has 0 atom stereocenters. The molecule has 21 heavy (non-hydrogen) atoms. The normalized spacial score (nSPS) is 10.4. The number of aliphatic carboxylic acids is 1. The van der Waals surface area contributed by atoms with Gasteiger partial charge in [-0.05, 0) is 35.9 Å². The van der Waals surface area contributed by atoms with Gasteiger partial charge >= 0.3 is 5.97 Å². The number of rotatable bonds is 5. The third-order valence-electron chi connectivity index (χ3n) is 2.88. The van der Waals surface area contributed by atoms with Gasteiger partial charge in [0, 0.05) is 17.3 Å². The van der Waals surface area contributed by atoms with Gasteiger partial charge in [-0.15, -0.1) is 0 Å². The molecule has 2 aromatic carbocycles. The van der Waals surface area contributed by atoms with E-state index in [1.807, 2.05) is 0 Å². The number of hydrogen-bond donors (Lipinski definition) is 2. The van der Waals surface area contributed by atoms with E-state index in [0.29, 0.717) is 16.3 Å². The zero-order valence-corrected chi connectivity index (χ0v) is 11.7. The highest BCUT2D eigenvalue weighted by Crippen LogP contribution is 2.23. The van der Waals surface area contributed by atoms with Crippen LogP contribution in [-0.4, -0.2) is 22.7 Å². The van der Waals surface area contributed by atoms with Gasteiger partial charge in [0.1, 0.15) is 6.54 Å². The van der Waals surface area contributed by atoms with Crippen LogP contribution in [-0.2, 0) is 11.3 Å². The summed E-state index contributed by atoms with van der Waals surface area (Å²) in [5.41, 5.74) is 1.17. The number of phenolic OH excluding ortho intramolecular Hbond substituents is 1. The summed E-state index contributed by atoms with van der Waals surface area (Å²) in [4.78, 5) is 12.5. The fourth-order valence-corrected chi connectivity index (χ4v) is 2.13. The molecule has 0 amide bonds. The zero-order valence-electron chi connectivity index (χ0n) is 11.0. The number of hydrogen-bond acceptors (Lipinski definition) is 3. The molecule has 0 bridgehead atoms. The van der Waals surface area contributed by atoms with Crippen LogP contribution < -0.4 is 4.90 Å². The third-order valence-corrected chi connectivity index (χ3v) is 3.12. The first-order valence-electron chi connectivity index (χ1n) is 6.15. The summed E-state index contributed by atoms with van der Waals surface area (Å²) in [5.74, 6) is -2.19. The van der Waals surface area contributed by atoms with Crippen molar-refractivity contribution in [1.82, 2.24) is 0 Å². The Morgan fingerprint density at radius 3 is 2.62 bits per heavy atom. The smallest absolute Gasteiger partial charge is 0.323 e. The van der Waals surface area contributed by atoms with Crippen LogP contribution >= 0.6 is 11.6 Å². The third kappa shape index (κ3) is 4.10. The standard InChI is InChI=1S/C15H13ClFNO3/c16-11-2-1-3-12(7-11)18(9-15(20)21)8-10-4-5-14(19)13(17)6-10/h1-7,19H,8-9H2,(H,20,21). The number of carboxylic acids is 1. The van der Waals surface area contributed by atoms with Crippen molar-refractivity contribution < 1.29 is 19.4 Å². The number of halogens is 2. The molecule has 0 spiro atoms. The van der Waals surface area contributed by atoms with E-state index in [0.717, 1.165) is 0 Å². The van der Waals surface area contributed by atoms with Gasteiger partial charge in [0.2, 0.25) is 0 Å². The second-order valence-corrected chi connectivity index (χ2v) is 4.95. The predicted molar refractivity (Wildman–Crippen MR) is 78.2 cm³/mol. The van der Waals surface area contributed by atoms with Gasteiger partial charge in [-0.1, -0.05) is 23.7 Å². The molecule has 110 valence electrons. The highest BCUT2D eigenvalue weighted by atomic mass is 35.5. The minimum Gasteiger partial charge on any atom is -0.505 e. The average molecular weight is 310 g/mol. The van der Waals surface area contributed by atoms with Crippen molar-refractivity contribution in [3.8, 4) is 5.75 Å². The number of benzene rings is 2. The molecule has 0 unspecified atom stereocenters. The van der Waals surface area contributed by atoms with Crippen molar-refractivity contribution >= 4 is 23.3 Å². The van der Waals surface area contributed by atoms with Crippen molar-refractivity contribution in [2.24, 2.45) is 0 Å². The Morgan fingerprint density at radius 2 is 2.00 bits per heavy atom. The van der Waals surface area contributed by atoms with Gasteiger partial charge in [-0.3, -0.25) is 4.79 Å². The Kier molecular flexibility index (Phi) is 4.65. The van der Waals surface area contributed by atoms with E-state index >= 15 is 0 Å². The molecule has 6 heteroatoms. The van der Waals surface area contributed by atoms with Crippen LogP contribution in [0.3, 0.4) is 0 Å². The molecule has 0 aliphatic heterocycles. The molecule has 0 saturated heterocycles. The zero-order chi connectivity index (χ0) is 15.4. The highest BCUT2D eigenvalue weighted by Gasteiger charge is 2.13. The summed E-state index contributed by atoms with van der Waals surface area (Å²) >= 11 is 5.91. The van der Waals surface area contributed by atoms with Crippen molar-refractivity contribution in [2.75, 3.05) is 11.4 Å². The van der Waals surface area contributed by atoms with Crippen LogP contribution in [0.4, 0.5) is 10.1 Å². The predicted octanol–water partition coefficient (Wildman–Crippen LogP) is 3.28. The first kappa shape index (κ1) is 15.1. The summed E-state index contributed by atoms with van der Waals surface area (Å²) in [5, 5.41) is 18.7. The first-order valence-corrected chi connectivity index (χ1v) is 6.53. The van der Waals surface area contributed by atoms with Gasteiger partial charge < -0.3 is 15.1 Å². The lowest BCUT2D eigenvalue weighted by molar-refractivity contribution is -0.135. The van der Waals surface area contributed by atoms with Crippen molar-refractivity contribution in [3.63, 3.8) is 0 Å². The Hall–Kier alpha value is -2.27. The summed E-state index contributed by atoms with van der Waals surface area (Å²) < 4.78 is 13.4. The lowest BCUT2D eigenvalue weighted by Gasteiger charge is -2.23. The molecule has 4 nitrogen and oxygen atoms in total. The Morgan fingerprint density at radius 1 is 1.24 bits per heavy atom. The molecule has 0 aliphatic carbocycles. The fraction of sp³-hybridized carbons (Fsp3) is 0.133. The van der Waals surface area contributed by atoms with Gasteiger partial charge in [-0.25, -0.2) is 4.39 Å². The first-order chi connectivity index (χ1) is 9.95. The van der Waals surface area contributed by atoms with E-state index in [4.69, 9.17) is 16.7 Å². The molecule has 0 aromatic heterocycles. The quantitative estimate of drug-likeness (QED) is 0.890. The van der Waals surface area contributed by atoms with Gasteiger partial charge in [0.25, 0.3) is 0 Å². The summed E-state index contributed by atoms with van der Waals surface area (Å²) in [6.45, 7) is -0.0628. The molecule has 2 N–H and O–H groups in total. The van der Waals surface area contributed by atoms with E-state index < -0.39 is 17.5 Å². The maximum Gasteiger partial charge on any atom is 0.323 e. The van der Waals surface area contributed by atoms with Crippen LogP contribution in [0, 0.1) is 5.82 Å².